The van der Waals surface area contributed by atoms with E-state index in [0.717, 1.165) is 25.7 Å². The number of alkyl halides is 1. The molecule has 1 amide bonds. The number of rotatable bonds is 12. The molecule has 4 nitrogen and oxygen atoms in total. The molecule has 0 aromatic carbocycles. The third-order valence-corrected chi connectivity index (χ3v) is 6.34. The minimum atomic E-state index is -0.971. The summed E-state index contributed by atoms with van der Waals surface area (Å²) in [5, 5.41) is 0. The van der Waals surface area contributed by atoms with E-state index < -0.39 is 6.17 Å². The molecular weight excluding hydrogens is 345 g/mol. The van der Waals surface area contributed by atoms with Crippen LogP contribution in [0.25, 0.3) is 0 Å². The van der Waals surface area contributed by atoms with E-state index in [9.17, 15) is 9.18 Å². The van der Waals surface area contributed by atoms with Gasteiger partial charge >= 0.3 is 0 Å². The van der Waals surface area contributed by atoms with Crippen LogP contribution in [0.15, 0.2) is 0 Å². The highest BCUT2D eigenvalue weighted by molar-refractivity contribution is 5.77. The SMILES string of the molecule is CCCCC(C(C)CC)C(CC(=O)N1CC(F)CC1C(OC)C(C)C)OC. The van der Waals surface area contributed by atoms with Crippen molar-refractivity contribution in [3.8, 4) is 0 Å². The molecule has 1 fully saturated rings. The monoisotopic (exact) mass is 387 g/mol. The first-order chi connectivity index (χ1) is 12.8. The Labute approximate surface area is 166 Å². The number of hydrogen-bond acceptors (Lipinski definition) is 3. The average molecular weight is 388 g/mol. The number of hydrogen-bond donors (Lipinski definition) is 0. The molecule has 0 aliphatic carbocycles. The van der Waals surface area contributed by atoms with E-state index in [1.54, 1.807) is 19.1 Å². The van der Waals surface area contributed by atoms with E-state index in [1.807, 2.05) is 0 Å². The summed E-state index contributed by atoms with van der Waals surface area (Å²) in [4.78, 5) is 14.8. The summed E-state index contributed by atoms with van der Waals surface area (Å²) < 4.78 is 25.6. The van der Waals surface area contributed by atoms with Crippen LogP contribution in [-0.2, 0) is 14.3 Å². The molecule has 1 heterocycles. The third kappa shape index (κ3) is 6.70. The molecule has 5 heteroatoms. The van der Waals surface area contributed by atoms with Gasteiger partial charge in [0, 0.05) is 20.6 Å². The zero-order chi connectivity index (χ0) is 20.6. The summed E-state index contributed by atoms with van der Waals surface area (Å²) in [5.41, 5.74) is 0. The first-order valence-electron chi connectivity index (χ1n) is 10.8. The van der Waals surface area contributed by atoms with Crippen LogP contribution in [0, 0.1) is 17.8 Å². The molecule has 0 radical (unpaired) electrons. The average Bonchev–Trinajstić information content (AvgIpc) is 3.02. The Morgan fingerprint density at radius 3 is 2.33 bits per heavy atom. The molecule has 1 aliphatic heterocycles. The predicted octanol–water partition coefficient (Wildman–Crippen LogP) is 4.85. The molecule has 0 spiro atoms. The number of likely N-dealkylation sites (tertiary alicyclic amines) is 1. The molecule has 0 aromatic heterocycles. The lowest BCUT2D eigenvalue weighted by Crippen LogP contribution is -2.47. The van der Waals surface area contributed by atoms with Gasteiger partial charge in [-0.05, 0) is 24.2 Å². The number of carbonyl (C=O) groups excluding carboxylic acids is 1. The van der Waals surface area contributed by atoms with E-state index in [0.29, 0.717) is 24.7 Å². The second-order valence-corrected chi connectivity index (χ2v) is 8.56. The number of methoxy groups -OCH3 is 2. The number of unbranched alkanes of at least 4 members (excludes halogenated alkanes) is 1. The Morgan fingerprint density at radius 2 is 1.85 bits per heavy atom. The van der Waals surface area contributed by atoms with Crippen LogP contribution >= 0.6 is 0 Å². The summed E-state index contributed by atoms with van der Waals surface area (Å²) in [6.45, 7) is 10.9. The highest BCUT2D eigenvalue weighted by atomic mass is 19.1. The van der Waals surface area contributed by atoms with Crippen LogP contribution in [0.3, 0.4) is 0 Å². The molecule has 0 N–H and O–H groups in total. The molecule has 1 aliphatic rings. The lowest BCUT2D eigenvalue weighted by molar-refractivity contribution is -0.139. The molecular formula is C22H42FNO3. The lowest BCUT2D eigenvalue weighted by Gasteiger charge is -2.35. The van der Waals surface area contributed by atoms with Crippen molar-refractivity contribution in [1.29, 1.82) is 0 Å². The van der Waals surface area contributed by atoms with Crippen molar-refractivity contribution >= 4 is 5.91 Å². The predicted molar refractivity (Wildman–Crippen MR) is 109 cm³/mol. The number of amides is 1. The van der Waals surface area contributed by atoms with Gasteiger partial charge in [-0.15, -0.1) is 0 Å². The summed E-state index contributed by atoms with van der Waals surface area (Å²) in [5.74, 6) is 1.09. The van der Waals surface area contributed by atoms with E-state index in [-0.39, 0.29) is 36.6 Å². The number of carbonyl (C=O) groups is 1. The van der Waals surface area contributed by atoms with E-state index in [1.165, 1.54) is 0 Å². The highest BCUT2D eigenvalue weighted by Gasteiger charge is 2.42. The van der Waals surface area contributed by atoms with Gasteiger partial charge in [0.25, 0.3) is 0 Å². The largest absolute Gasteiger partial charge is 0.381 e. The summed E-state index contributed by atoms with van der Waals surface area (Å²) in [6, 6.07) is -0.187. The van der Waals surface area contributed by atoms with Crippen LogP contribution in [0.5, 0.6) is 0 Å². The van der Waals surface area contributed by atoms with Crippen molar-refractivity contribution in [3.63, 3.8) is 0 Å². The first kappa shape index (κ1) is 24.4. The maximum atomic E-state index is 14.2. The van der Waals surface area contributed by atoms with Gasteiger partial charge in [-0.1, -0.05) is 53.9 Å². The Kier molecular flexibility index (Phi) is 10.8. The molecule has 0 bridgehead atoms. The van der Waals surface area contributed by atoms with Crippen LogP contribution < -0.4 is 0 Å². The van der Waals surface area contributed by atoms with Crippen LogP contribution in [-0.4, -0.2) is 56.0 Å². The van der Waals surface area contributed by atoms with Gasteiger partial charge in [0.05, 0.1) is 31.2 Å². The van der Waals surface area contributed by atoms with Gasteiger partial charge in [0.15, 0.2) is 0 Å². The minimum absolute atomic E-state index is 0.000462. The van der Waals surface area contributed by atoms with Gasteiger partial charge in [-0.25, -0.2) is 4.39 Å². The van der Waals surface area contributed by atoms with Crippen molar-refractivity contribution in [2.75, 3.05) is 20.8 Å². The molecule has 160 valence electrons. The molecule has 1 saturated heterocycles. The molecule has 0 saturated carbocycles. The van der Waals surface area contributed by atoms with E-state index in [2.05, 4.69) is 34.6 Å². The lowest BCUT2D eigenvalue weighted by atomic mass is 9.81. The third-order valence-electron chi connectivity index (χ3n) is 6.34. The first-order valence-corrected chi connectivity index (χ1v) is 10.8. The quantitative estimate of drug-likeness (QED) is 0.480. The van der Waals surface area contributed by atoms with Gasteiger partial charge in [-0.3, -0.25) is 4.79 Å². The van der Waals surface area contributed by atoms with Crippen LogP contribution in [0.4, 0.5) is 4.39 Å². The van der Waals surface area contributed by atoms with Crippen molar-refractivity contribution < 1.29 is 18.7 Å². The van der Waals surface area contributed by atoms with Gasteiger partial charge in [0.2, 0.25) is 5.91 Å². The van der Waals surface area contributed by atoms with Crippen molar-refractivity contribution in [2.24, 2.45) is 17.8 Å². The van der Waals surface area contributed by atoms with Gasteiger partial charge < -0.3 is 14.4 Å². The van der Waals surface area contributed by atoms with Gasteiger partial charge in [-0.2, -0.15) is 0 Å². The normalized spacial score (nSPS) is 24.9. The Bertz CT molecular complexity index is 432. The van der Waals surface area contributed by atoms with Crippen molar-refractivity contribution in [1.82, 2.24) is 4.90 Å². The Balaban J connectivity index is 2.90. The van der Waals surface area contributed by atoms with Crippen molar-refractivity contribution in [3.05, 3.63) is 0 Å². The molecule has 0 aromatic rings. The zero-order valence-electron chi connectivity index (χ0n) is 18.5. The minimum Gasteiger partial charge on any atom is -0.381 e. The number of nitrogens with zero attached hydrogens (tertiary/aromatic N) is 1. The Hall–Kier alpha value is -0.680. The van der Waals surface area contributed by atoms with Gasteiger partial charge in [0.1, 0.15) is 6.17 Å². The molecule has 6 atom stereocenters. The molecule has 1 rings (SSSR count). The maximum absolute atomic E-state index is 14.2. The number of halogens is 1. The molecule has 27 heavy (non-hydrogen) atoms. The standard InChI is InChI=1S/C22H42FNO3/c1-8-10-11-18(16(5)9-2)20(26-6)13-21(25)24-14-17(23)12-19(24)22(27-7)15(3)4/h15-20,22H,8-14H2,1-7H3. The molecule has 6 unspecified atom stereocenters. The van der Waals surface area contributed by atoms with E-state index >= 15 is 0 Å². The smallest absolute Gasteiger partial charge is 0.225 e. The summed E-state index contributed by atoms with van der Waals surface area (Å²) in [6.07, 6.45) is 3.89. The maximum Gasteiger partial charge on any atom is 0.225 e. The second-order valence-electron chi connectivity index (χ2n) is 8.56. The number of ether oxygens (including phenoxy) is 2. The zero-order valence-corrected chi connectivity index (χ0v) is 18.5. The second kappa shape index (κ2) is 12.0. The fraction of sp³-hybridized carbons (Fsp3) is 0.955. The summed E-state index contributed by atoms with van der Waals surface area (Å²) >= 11 is 0. The van der Waals surface area contributed by atoms with Crippen LogP contribution in [0.1, 0.15) is 73.1 Å². The summed E-state index contributed by atoms with van der Waals surface area (Å²) in [7, 11) is 3.35. The topological polar surface area (TPSA) is 38.8 Å². The highest BCUT2D eigenvalue weighted by Crippen LogP contribution is 2.32. The fourth-order valence-electron chi connectivity index (χ4n) is 4.56. The van der Waals surface area contributed by atoms with Crippen molar-refractivity contribution in [2.45, 2.75) is 97.6 Å². The van der Waals surface area contributed by atoms with E-state index in [4.69, 9.17) is 9.47 Å². The Morgan fingerprint density at radius 1 is 1.19 bits per heavy atom. The van der Waals surface area contributed by atoms with Crippen LogP contribution in [0.2, 0.25) is 0 Å². The fourth-order valence-corrected chi connectivity index (χ4v) is 4.56.